The molecule has 3 aromatic rings. The Morgan fingerprint density at radius 3 is 2.55 bits per heavy atom. The maximum absolute atomic E-state index is 12.7. The predicted molar refractivity (Wildman–Crippen MR) is 111 cm³/mol. The molecule has 7 nitrogen and oxygen atoms in total. The van der Waals surface area contributed by atoms with Gasteiger partial charge in [-0.1, -0.05) is 23.7 Å². The van der Waals surface area contributed by atoms with Gasteiger partial charge in [0.15, 0.2) is 0 Å². The summed E-state index contributed by atoms with van der Waals surface area (Å²) in [4.78, 5) is 36.7. The Balaban J connectivity index is 1.60. The molecule has 0 radical (unpaired) electrons. The van der Waals surface area contributed by atoms with Crippen molar-refractivity contribution in [3.63, 3.8) is 0 Å². The Kier molecular flexibility index (Phi) is 4.96. The number of carbonyl (C=O) groups is 2. The van der Waals surface area contributed by atoms with Gasteiger partial charge in [-0.25, -0.2) is 4.90 Å². The van der Waals surface area contributed by atoms with Crippen LogP contribution in [0.1, 0.15) is 5.76 Å². The minimum Gasteiger partial charge on any atom is -0.457 e. The highest BCUT2D eigenvalue weighted by atomic mass is 35.5. The number of rotatable bonds is 4. The van der Waals surface area contributed by atoms with Crippen LogP contribution in [0.3, 0.4) is 0 Å². The van der Waals surface area contributed by atoms with Crippen molar-refractivity contribution in [1.29, 1.82) is 0 Å². The van der Waals surface area contributed by atoms with E-state index in [0.717, 1.165) is 16.7 Å². The molecule has 1 aromatic heterocycles. The molecule has 1 saturated heterocycles. The minimum absolute atomic E-state index is 0.0514. The van der Waals surface area contributed by atoms with Gasteiger partial charge in [-0.15, -0.1) is 0 Å². The lowest BCUT2D eigenvalue weighted by Gasteiger charge is -2.11. The summed E-state index contributed by atoms with van der Waals surface area (Å²) < 4.78 is 5.69. The second-order valence-electron chi connectivity index (χ2n) is 6.00. The summed E-state index contributed by atoms with van der Waals surface area (Å²) in [7, 11) is 0. The largest absolute Gasteiger partial charge is 0.457 e. The topological polar surface area (TPSA) is 93.7 Å². The van der Waals surface area contributed by atoms with Crippen LogP contribution in [0.4, 0.5) is 16.2 Å². The average Bonchev–Trinajstić information content (AvgIpc) is 3.28. The van der Waals surface area contributed by atoms with Gasteiger partial charge in [0.25, 0.3) is 16.8 Å². The van der Waals surface area contributed by atoms with Crippen LogP contribution in [0.15, 0.2) is 70.0 Å². The average molecular weight is 427 g/mol. The van der Waals surface area contributed by atoms with E-state index in [4.69, 9.17) is 16.0 Å². The molecule has 0 aliphatic carbocycles. The number of anilines is 1. The molecule has 0 unspecified atom stereocenters. The number of non-ortho nitro benzene ring substituents is 1. The normalized spacial score (nSPS) is 15.3. The fourth-order valence-corrected chi connectivity index (χ4v) is 3.72. The number of hydrogen-bond acceptors (Lipinski definition) is 6. The van der Waals surface area contributed by atoms with Crippen molar-refractivity contribution < 1.29 is 18.9 Å². The highest BCUT2D eigenvalue weighted by Gasteiger charge is 2.36. The van der Waals surface area contributed by atoms with Crippen LogP contribution in [0.25, 0.3) is 17.4 Å². The fraction of sp³-hybridized carbons (Fsp3) is 0. The standard InChI is InChI=1S/C20H11ClN2O5S/c21-13-4-6-14(7-5-13)22-19(24)18(29-20(22)25)11-16-8-9-17(28-16)12-2-1-3-15(10-12)23(26)27/h1-11H/b18-11-. The molecule has 9 heteroatoms. The van der Waals surface area contributed by atoms with E-state index in [9.17, 15) is 19.7 Å². The van der Waals surface area contributed by atoms with Crippen molar-refractivity contribution in [2.24, 2.45) is 0 Å². The monoisotopic (exact) mass is 426 g/mol. The Hall–Kier alpha value is -3.36. The smallest absolute Gasteiger partial charge is 0.298 e. The third-order valence-corrected chi connectivity index (χ3v) is 5.24. The zero-order chi connectivity index (χ0) is 20.5. The van der Waals surface area contributed by atoms with Gasteiger partial charge in [-0.05, 0) is 48.2 Å². The Labute approximate surface area is 173 Å². The molecule has 29 heavy (non-hydrogen) atoms. The summed E-state index contributed by atoms with van der Waals surface area (Å²) in [6.45, 7) is 0. The number of nitrogens with zero attached hydrogens (tertiary/aromatic N) is 2. The molecule has 0 bridgehead atoms. The third-order valence-electron chi connectivity index (χ3n) is 4.12. The maximum Gasteiger partial charge on any atom is 0.298 e. The molecule has 1 aliphatic heterocycles. The van der Waals surface area contributed by atoms with Crippen molar-refractivity contribution in [2.45, 2.75) is 0 Å². The van der Waals surface area contributed by atoms with E-state index in [1.54, 1.807) is 48.5 Å². The van der Waals surface area contributed by atoms with E-state index in [-0.39, 0.29) is 10.6 Å². The van der Waals surface area contributed by atoms with Gasteiger partial charge in [0.05, 0.1) is 15.5 Å². The second-order valence-corrected chi connectivity index (χ2v) is 7.43. The number of thioether (sulfide) groups is 1. The number of nitro benzene ring substituents is 1. The van der Waals surface area contributed by atoms with Gasteiger partial charge < -0.3 is 4.42 Å². The van der Waals surface area contributed by atoms with Crippen molar-refractivity contribution in [1.82, 2.24) is 0 Å². The molecule has 0 atom stereocenters. The van der Waals surface area contributed by atoms with Gasteiger partial charge in [0.2, 0.25) is 0 Å². The van der Waals surface area contributed by atoms with E-state index >= 15 is 0 Å². The summed E-state index contributed by atoms with van der Waals surface area (Å²) in [6.07, 6.45) is 1.47. The number of hydrogen-bond donors (Lipinski definition) is 0. The number of halogens is 1. The molecular formula is C20H11ClN2O5S. The molecule has 0 N–H and O–H groups in total. The first kappa shape index (κ1) is 19.0. The molecule has 4 rings (SSSR count). The summed E-state index contributed by atoms with van der Waals surface area (Å²) in [5, 5.41) is 11.0. The van der Waals surface area contributed by atoms with Crippen molar-refractivity contribution in [3.05, 3.63) is 86.5 Å². The van der Waals surface area contributed by atoms with Crippen LogP contribution < -0.4 is 4.90 Å². The SMILES string of the molecule is O=C1S/C(=C\c2ccc(-c3cccc([N+](=O)[O-])c3)o2)C(=O)N1c1ccc(Cl)cc1. The number of carbonyl (C=O) groups excluding carboxylic acids is 2. The molecule has 1 aliphatic rings. The number of nitro groups is 1. The van der Waals surface area contributed by atoms with Crippen LogP contribution >= 0.6 is 23.4 Å². The van der Waals surface area contributed by atoms with Crippen LogP contribution in [0.2, 0.25) is 5.02 Å². The third kappa shape index (κ3) is 3.80. The lowest BCUT2D eigenvalue weighted by atomic mass is 10.1. The molecule has 144 valence electrons. The van der Waals surface area contributed by atoms with Gasteiger partial charge in [-0.2, -0.15) is 0 Å². The van der Waals surface area contributed by atoms with Gasteiger partial charge in [0.1, 0.15) is 11.5 Å². The highest BCUT2D eigenvalue weighted by Crippen LogP contribution is 2.36. The maximum atomic E-state index is 12.7. The number of furan rings is 1. The fourth-order valence-electron chi connectivity index (χ4n) is 2.77. The van der Waals surface area contributed by atoms with Crippen LogP contribution in [0.5, 0.6) is 0 Å². The van der Waals surface area contributed by atoms with Crippen LogP contribution in [-0.2, 0) is 4.79 Å². The number of benzene rings is 2. The Bertz CT molecular complexity index is 1170. The van der Waals surface area contributed by atoms with Crippen LogP contribution in [-0.4, -0.2) is 16.1 Å². The van der Waals surface area contributed by atoms with E-state index < -0.39 is 16.1 Å². The summed E-state index contributed by atoms with van der Waals surface area (Å²) in [5.41, 5.74) is 0.912. The zero-order valence-electron chi connectivity index (χ0n) is 14.6. The van der Waals surface area contributed by atoms with Crippen molar-refractivity contribution in [3.8, 4) is 11.3 Å². The first-order chi connectivity index (χ1) is 13.9. The van der Waals surface area contributed by atoms with Gasteiger partial charge >= 0.3 is 0 Å². The van der Waals surface area contributed by atoms with Gasteiger partial charge in [0, 0.05) is 28.8 Å². The Morgan fingerprint density at radius 1 is 1.07 bits per heavy atom. The zero-order valence-corrected chi connectivity index (χ0v) is 16.1. The summed E-state index contributed by atoms with van der Waals surface area (Å²) in [6, 6.07) is 15.7. The van der Waals surface area contributed by atoms with E-state index in [1.807, 2.05) is 0 Å². The molecule has 2 heterocycles. The second kappa shape index (κ2) is 7.57. The van der Waals surface area contributed by atoms with E-state index in [2.05, 4.69) is 0 Å². The summed E-state index contributed by atoms with van der Waals surface area (Å²) >= 11 is 6.66. The molecule has 0 saturated carbocycles. The molecule has 1 fully saturated rings. The lowest BCUT2D eigenvalue weighted by molar-refractivity contribution is -0.384. The van der Waals surface area contributed by atoms with Crippen molar-refractivity contribution in [2.75, 3.05) is 4.90 Å². The van der Waals surface area contributed by atoms with E-state index in [1.165, 1.54) is 18.2 Å². The first-order valence-electron chi connectivity index (χ1n) is 8.30. The number of imide groups is 1. The molecular weight excluding hydrogens is 416 g/mol. The quantitative estimate of drug-likeness (QED) is 0.299. The van der Waals surface area contributed by atoms with Gasteiger partial charge in [-0.3, -0.25) is 19.7 Å². The number of amides is 2. The first-order valence-corrected chi connectivity index (χ1v) is 9.50. The van der Waals surface area contributed by atoms with Crippen molar-refractivity contribution >= 4 is 52.0 Å². The summed E-state index contributed by atoms with van der Waals surface area (Å²) in [5.74, 6) is 0.306. The highest BCUT2D eigenvalue weighted by molar-refractivity contribution is 8.19. The Morgan fingerprint density at radius 2 is 1.83 bits per heavy atom. The molecule has 0 spiro atoms. The predicted octanol–water partition coefficient (Wildman–Crippen LogP) is 5.75. The van der Waals surface area contributed by atoms with E-state index in [0.29, 0.717) is 27.8 Å². The minimum atomic E-state index is -0.486. The lowest BCUT2D eigenvalue weighted by Crippen LogP contribution is -2.27. The molecule has 2 aromatic carbocycles. The molecule has 2 amide bonds. The van der Waals surface area contributed by atoms with Crippen LogP contribution in [0, 0.1) is 10.1 Å².